The number of phenols is 1. The highest BCUT2D eigenvalue weighted by Crippen LogP contribution is 2.47. The molecule has 4 heterocycles. The van der Waals surface area contributed by atoms with Crippen LogP contribution in [-0.4, -0.2) is 96.4 Å². The number of ether oxygens (including phenoxy) is 1. The summed E-state index contributed by atoms with van der Waals surface area (Å²) in [5.74, 6) is -0.0301. The first-order valence-electron chi connectivity index (χ1n) is 17.3. The van der Waals surface area contributed by atoms with Crippen LogP contribution in [0.15, 0.2) is 30.3 Å². The number of fused-ring (bicyclic) bond motifs is 4. The molecular formula is C38H41F3N6O2. The van der Waals surface area contributed by atoms with E-state index >= 15 is 8.78 Å². The molecule has 4 aliphatic rings. The predicted molar refractivity (Wildman–Crippen MR) is 184 cm³/mol. The molecule has 2 unspecified atom stereocenters. The maximum absolute atomic E-state index is 16.9. The highest BCUT2D eigenvalue weighted by molar-refractivity contribution is 6.04. The Balaban J connectivity index is 1.19. The number of terminal acetylenes is 1. The molecule has 4 aromatic rings. The van der Waals surface area contributed by atoms with E-state index in [9.17, 15) is 9.50 Å². The highest BCUT2D eigenvalue weighted by atomic mass is 19.1. The average Bonchev–Trinajstić information content (AvgIpc) is 3.77. The van der Waals surface area contributed by atoms with Crippen LogP contribution in [-0.2, 0) is 0 Å². The second kappa shape index (κ2) is 12.3. The van der Waals surface area contributed by atoms with Crippen molar-refractivity contribution in [3.63, 3.8) is 0 Å². The summed E-state index contributed by atoms with van der Waals surface area (Å²) in [6.45, 7) is 4.69. The third-order valence-corrected chi connectivity index (χ3v) is 11.1. The van der Waals surface area contributed by atoms with Crippen LogP contribution in [0.5, 0.6) is 11.8 Å². The molecule has 0 radical (unpaired) electrons. The summed E-state index contributed by atoms with van der Waals surface area (Å²) in [7, 11) is 4.28. The van der Waals surface area contributed by atoms with E-state index in [0.717, 1.165) is 58.2 Å². The molecule has 2 atom stereocenters. The third-order valence-electron chi connectivity index (χ3n) is 11.1. The lowest BCUT2D eigenvalue weighted by molar-refractivity contribution is 0.105. The van der Waals surface area contributed by atoms with E-state index in [4.69, 9.17) is 16.1 Å². The van der Waals surface area contributed by atoms with Gasteiger partial charge in [0.25, 0.3) is 0 Å². The number of nitrogens with zero attached hydrogens (tertiary/aromatic N) is 5. The molecule has 2 bridgehead atoms. The third kappa shape index (κ3) is 5.94. The summed E-state index contributed by atoms with van der Waals surface area (Å²) < 4.78 is 54.4. The van der Waals surface area contributed by atoms with E-state index < -0.39 is 23.0 Å². The zero-order chi connectivity index (χ0) is 34.0. The van der Waals surface area contributed by atoms with Gasteiger partial charge in [-0.1, -0.05) is 12.0 Å². The van der Waals surface area contributed by atoms with Gasteiger partial charge in [0, 0.05) is 59.5 Å². The number of aromatic hydroxyl groups is 1. The van der Waals surface area contributed by atoms with Crippen molar-refractivity contribution < 1.29 is 23.0 Å². The Morgan fingerprint density at radius 1 is 1.02 bits per heavy atom. The van der Waals surface area contributed by atoms with Gasteiger partial charge in [0.05, 0.1) is 17.7 Å². The number of piperidine rings is 1. The molecule has 2 N–H and O–H groups in total. The summed E-state index contributed by atoms with van der Waals surface area (Å²) >= 11 is 0. The molecule has 0 amide bonds. The lowest BCUT2D eigenvalue weighted by atomic mass is 9.92. The Labute approximate surface area is 284 Å². The predicted octanol–water partition coefficient (Wildman–Crippen LogP) is 5.68. The number of hydrogen-bond acceptors (Lipinski definition) is 8. The number of halogens is 3. The second-order valence-electron chi connectivity index (χ2n) is 14.7. The van der Waals surface area contributed by atoms with Crippen molar-refractivity contribution in [2.75, 3.05) is 58.3 Å². The largest absolute Gasteiger partial charge is 0.508 e. The number of anilines is 1. The molecule has 4 fully saturated rings. The van der Waals surface area contributed by atoms with Crippen LogP contribution >= 0.6 is 0 Å². The molecule has 3 saturated heterocycles. The minimum Gasteiger partial charge on any atom is -0.508 e. The lowest BCUT2D eigenvalue weighted by Crippen LogP contribution is -2.51. The first-order valence-corrected chi connectivity index (χ1v) is 17.3. The molecular weight excluding hydrogens is 629 g/mol. The maximum atomic E-state index is 16.9. The average molecular weight is 671 g/mol. The van der Waals surface area contributed by atoms with Gasteiger partial charge >= 0.3 is 6.01 Å². The number of piperazine rings is 1. The quantitative estimate of drug-likeness (QED) is 0.232. The Morgan fingerprint density at radius 3 is 2.43 bits per heavy atom. The van der Waals surface area contributed by atoms with E-state index in [2.05, 4.69) is 45.0 Å². The lowest BCUT2D eigenvalue weighted by Gasteiger charge is -2.37. The normalized spacial score (nSPS) is 22.3. The van der Waals surface area contributed by atoms with E-state index in [1.807, 2.05) is 0 Å². The zero-order valence-corrected chi connectivity index (χ0v) is 27.9. The summed E-state index contributed by atoms with van der Waals surface area (Å²) in [5, 5.41) is 14.9. The van der Waals surface area contributed by atoms with Crippen LogP contribution in [0.4, 0.5) is 19.0 Å². The summed E-state index contributed by atoms with van der Waals surface area (Å²) in [5.41, 5.74) is -0.771. The number of aromatic nitrogens is 2. The standard InChI is InChI=1S/C38H41F3N6O2/c1-4-27-30(39)8-5-22-15-26(48)16-28(32(22)27)33-31(40)17-29-35(34(33)41)43-37(44-36(29)47-18-23-6-7-24(19-47)42-23)49-21-38(11-12-38)20-46-13-9-25(10-14-46)45(2)3/h1,5,8,15-17,23-25,42,48H,6-7,9-14,18-21H2,2-3H3. The number of rotatable bonds is 8. The number of phenolic OH excluding ortho intramolecular Hbond substituents is 1. The second-order valence-corrected chi connectivity index (χ2v) is 14.7. The van der Waals surface area contributed by atoms with Gasteiger partial charge in [-0.05, 0) is 95.4 Å². The molecule has 256 valence electrons. The highest BCUT2D eigenvalue weighted by Gasteiger charge is 2.45. The van der Waals surface area contributed by atoms with Crippen molar-refractivity contribution >= 4 is 27.5 Å². The van der Waals surface area contributed by atoms with Crippen LogP contribution < -0.4 is 15.0 Å². The fourth-order valence-corrected chi connectivity index (χ4v) is 8.26. The summed E-state index contributed by atoms with van der Waals surface area (Å²) in [6.07, 6.45) is 12.1. The maximum Gasteiger partial charge on any atom is 0.319 e. The smallest absolute Gasteiger partial charge is 0.319 e. The van der Waals surface area contributed by atoms with Gasteiger partial charge in [-0.25, -0.2) is 13.2 Å². The van der Waals surface area contributed by atoms with Crippen molar-refractivity contribution in [1.29, 1.82) is 0 Å². The molecule has 1 aliphatic carbocycles. The SMILES string of the molecule is C#Cc1c(F)ccc2cc(O)cc(-c3c(F)cc4c(N5CC6CCC(C5)N6)nc(OCC5(CN6CCC(N(C)C)CC6)CC5)nc4c3F)c12. The van der Waals surface area contributed by atoms with Crippen LogP contribution in [0, 0.1) is 35.2 Å². The molecule has 49 heavy (non-hydrogen) atoms. The van der Waals surface area contributed by atoms with Gasteiger partial charge in [0.15, 0.2) is 5.82 Å². The molecule has 1 aromatic heterocycles. The van der Waals surface area contributed by atoms with Crippen molar-refractivity contribution in [3.05, 3.63) is 53.3 Å². The van der Waals surface area contributed by atoms with Gasteiger partial charge in [-0.2, -0.15) is 9.97 Å². The minimum atomic E-state index is -0.953. The number of hydrogen-bond donors (Lipinski definition) is 2. The van der Waals surface area contributed by atoms with Crippen molar-refractivity contribution in [3.8, 4) is 35.2 Å². The molecule has 8 rings (SSSR count). The van der Waals surface area contributed by atoms with Crippen LogP contribution in [0.2, 0.25) is 0 Å². The van der Waals surface area contributed by atoms with Gasteiger partial charge < -0.3 is 29.9 Å². The van der Waals surface area contributed by atoms with Crippen molar-refractivity contribution in [2.45, 2.75) is 56.7 Å². The van der Waals surface area contributed by atoms with Crippen LogP contribution in [0.1, 0.15) is 44.1 Å². The van der Waals surface area contributed by atoms with Crippen LogP contribution in [0.3, 0.4) is 0 Å². The van der Waals surface area contributed by atoms with Crippen molar-refractivity contribution in [1.82, 2.24) is 25.1 Å². The fourth-order valence-electron chi connectivity index (χ4n) is 8.26. The van der Waals surface area contributed by atoms with E-state index in [-0.39, 0.29) is 56.7 Å². The van der Waals surface area contributed by atoms with Crippen molar-refractivity contribution in [2.24, 2.45) is 5.41 Å². The number of benzene rings is 3. The zero-order valence-electron chi connectivity index (χ0n) is 27.9. The minimum absolute atomic E-state index is 0.0136. The fraction of sp³-hybridized carbons (Fsp3) is 0.474. The van der Waals surface area contributed by atoms with Gasteiger partial charge in [-0.3, -0.25) is 0 Å². The van der Waals surface area contributed by atoms with Gasteiger partial charge in [0.2, 0.25) is 0 Å². The first kappa shape index (κ1) is 32.1. The Hall–Kier alpha value is -4.11. The van der Waals surface area contributed by atoms with E-state index in [1.165, 1.54) is 30.3 Å². The van der Waals surface area contributed by atoms with Gasteiger partial charge in [0.1, 0.15) is 28.7 Å². The Kier molecular flexibility index (Phi) is 8.09. The Bertz CT molecular complexity index is 1970. The number of nitrogens with one attached hydrogen (secondary N) is 1. The first-order chi connectivity index (χ1) is 23.6. The van der Waals surface area contributed by atoms with E-state index in [1.54, 1.807) is 0 Å². The number of likely N-dealkylation sites (tertiary alicyclic amines) is 1. The van der Waals surface area contributed by atoms with Gasteiger partial charge in [-0.15, -0.1) is 6.42 Å². The Morgan fingerprint density at radius 2 is 1.76 bits per heavy atom. The molecule has 3 aliphatic heterocycles. The molecule has 0 spiro atoms. The molecule has 1 saturated carbocycles. The molecule has 3 aromatic carbocycles. The molecule has 11 heteroatoms. The van der Waals surface area contributed by atoms with E-state index in [0.29, 0.717) is 36.9 Å². The topological polar surface area (TPSA) is 77.0 Å². The summed E-state index contributed by atoms with van der Waals surface area (Å²) in [6, 6.07) is 7.59. The summed E-state index contributed by atoms with van der Waals surface area (Å²) in [4.78, 5) is 16.3. The molecule has 8 nitrogen and oxygen atoms in total. The monoisotopic (exact) mass is 670 g/mol. The van der Waals surface area contributed by atoms with Crippen LogP contribution in [0.25, 0.3) is 32.8 Å².